The molecule has 0 aromatic heterocycles. The largest absolute Gasteiger partial charge is 0.228 e. The van der Waals surface area contributed by atoms with Crippen molar-refractivity contribution in [2.75, 3.05) is 6.26 Å². The van der Waals surface area contributed by atoms with E-state index in [0.717, 1.165) is 12.3 Å². The van der Waals surface area contributed by atoms with Crippen molar-refractivity contribution in [1.29, 1.82) is 0 Å². The molecule has 0 aliphatic heterocycles. The SMILES string of the molecule is Cc1cc(C(C)(C)S(C)(=O)=O)c(F)cc1F. The van der Waals surface area contributed by atoms with Gasteiger partial charge in [0.25, 0.3) is 0 Å². The topological polar surface area (TPSA) is 34.1 Å². The molecular weight excluding hydrogens is 234 g/mol. The minimum Gasteiger partial charge on any atom is -0.228 e. The number of rotatable bonds is 2. The first-order valence-corrected chi connectivity index (χ1v) is 6.62. The molecule has 0 amide bonds. The number of halogens is 2. The predicted octanol–water partition coefficient (Wildman–Crippen LogP) is 2.55. The van der Waals surface area contributed by atoms with Gasteiger partial charge in [0.2, 0.25) is 0 Å². The van der Waals surface area contributed by atoms with E-state index in [1.54, 1.807) is 0 Å². The second-order valence-corrected chi connectivity index (χ2v) is 6.93. The van der Waals surface area contributed by atoms with E-state index in [9.17, 15) is 17.2 Å². The minimum atomic E-state index is -3.47. The van der Waals surface area contributed by atoms with Gasteiger partial charge in [0.05, 0.1) is 4.75 Å². The van der Waals surface area contributed by atoms with Crippen molar-refractivity contribution >= 4 is 9.84 Å². The average molecular weight is 248 g/mol. The summed E-state index contributed by atoms with van der Waals surface area (Å²) in [5.74, 6) is -1.51. The highest BCUT2D eigenvalue weighted by atomic mass is 32.2. The number of sulfone groups is 1. The summed E-state index contributed by atoms with van der Waals surface area (Å²) in [6.45, 7) is 4.27. The Morgan fingerprint density at radius 3 is 2.06 bits per heavy atom. The van der Waals surface area contributed by atoms with Gasteiger partial charge in [-0.25, -0.2) is 17.2 Å². The number of hydrogen-bond donors (Lipinski definition) is 0. The highest BCUT2D eigenvalue weighted by Gasteiger charge is 2.35. The molecule has 1 rings (SSSR count). The van der Waals surface area contributed by atoms with E-state index in [4.69, 9.17) is 0 Å². The molecule has 90 valence electrons. The van der Waals surface area contributed by atoms with Crippen molar-refractivity contribution in [1.82, 2.24) is 0 Å². The highest BCUT2D eigenvalue weighted by molar-refractivity contribution is 7.91. The van der Waals surface area contributed by atoms with Crippen molar-refractivity contribution in [2.24, 2.45) is 0 Å². The molecule has 0 saturated heterocycles. The van der Waals surface area contributed by atoms with Crippen LogP contribution in [0.15, 0.2) is 12.1 Å². The average Bonchev–Trinajstić information content (AvgIpc) is 2.09. The molecule has 0 spiro atoms. The fraction of sp³-hybridized carbons (Fsp3) is 0.455. The van der Waals surface area contributed by atoms with Crippen LogP contribution in [0.3, 0.4) is 0 Å². The Morgan fingerprint density at radius 1 is 1.12 bits per heavy atom. The Bertz CT molecular complexity index is 519. The van der Waals surface area contributed by atoms with Gasteiger partial charge in [0.1, 0.15) is 11.6 Å². The molecule has 0 aliphatic carbocycles. The maximum absolute atomic E-state index is 13.6. The Kier molecular flexibility index (Phi) is 3.11. The second-order valence-electron chi connectivity index (χ2n) is 4.36. The Labute approximate surface area is 94.2 Å². The zero-order chi connectivity index (χ0) is 12.7. The lowest BCUT2D eigenvalue weighted by atomic mass is 9.99. The lowest BCUT2D eigenvalue weighted by molar-refractivity contribution is 0.526. The summed E-state index contributed by atoms with van der Waals surface area (Å²) in [7, 11) is -3.47. The molecular formula is C11H14F2O2S. The standard InChI is InChI=1S/C11H14F2O2S/c1-7-5-8(10(13)6-9(7)12)11(2,3)16(4,14)15/h5-6H,1-4H3. The van der Waals surface area contributed by atoms with Gasteiger partial charge in [0.15, 0.2) is 9.84 Å². The van der Waals surface area contributed by atoms with Gasteiger partial charge in [0, 0.05) is 17.9 Å². The van der Waals surface area contributed by atoms with E-state index in [0.29, 0.717) is 0 Å². The zero-order valence-electron chi connectivity index (χ0n) is 9.64. The molecule has 0 saturated carbocycles. The molecule has 0 N–H and O–H groups in total. The van der Waals surface area contributed by atoms with Crippen molar-refractivity contribution in [3.8, 4) is 0 Å². The third kappa shape index (κ3) is 2.09. The molecule has 5 heteroatoms. The van der Waals surface area contributed by atoms with E-state index in [1.807, 2.05) is 0 Å². The van der Waals surface area contributed by atoms with E-state index >= 15 is 0 Å². The van der Waals surface area contributed by atoms with Crippen LogP contribution in [-0.2, 0) is 14.6 Å². The number of benzene rings is 1. The van der Waals surface area contributed by atoms with Gasteiger partial charge in [-0.1, -0.05) is 0 Å². The molecule has 0 fully saturated rings. The second kappa shape index (κ2) is 3.80. The van der Waals surface area contributed by atoms with Crippen LogP contribution in [0.4, 0.5) is 8.78 Å². The summed E-state index contributed by atoms with van der Waals surface area (Å²) in [5.41, 5.74) is 0.224. The molecule has 0 atom stereocenters. The quantitative estimate of drug-likeness (QED) is 0.806. The molecule has 1 aromatic rings. The normalized spacial score (nSPS) is 12.9. The van der Waals surface area contributed by atoms with Crippen molar-refractivity contribution in [3.63, 3.8) is 0 Å². The molecule has 1 aromatic carbocycles. The van der Waals surface area contributed by atoms with Gasteiger partial charge < -0.3 is 0 Å². The van der Waals surface area contributed by atoms with Crippen molar-refractivity contribution < 1.29 is 17.2 Å². The van der Waals surface area contributed by atoms with Gasteiger partial charge in [-0.3, -0.25) is 0 Å². The van der Waals surface area contributed by atoms with Crippen LogP contribution >= 0.6 is 0 Å². The number of hydrogen-bond acceptors (Lipinski definition) is 2. The van der Waals surface area contributed by atoms with Gasteiger partial charge >= 0.3 is 0 Å². The van der Waals surface area contributed by atoms with Crippen LogP contribution in [0.5, 0.6) is 0 Å². The van der Waals surface area contributed by atoms with Crippen LogP contribution in [0.1, 0.15) is 25.0 Å². The Hall–Kier alpha value is -0.970. The van der Waals surface area contributed by atoms with Crippen LogP contribution < -0.4 is 0 Å². The van der Waals surface area contributed by atoms with Crippen LogP contribution in [0.25, 0.3) is 0 Å². The summed E-state index contributed by atoms with van der Waals surface area (Å²) in [6, 6.07) is 1.96. The fourth-order valence-electron chi connectivity index (χ4n) is 1.32. The molecule has 0 unspecified atom stereocenters. The summed E-state index contributed by atoms with van der Waals surface area (Å²) in [4.78, 5) is 0. The molecule has 0 bridgehead atoms. The molecule has 0 aliphatic rings. The van der Waals surface area contributed by atoms with E-state index in [2.05, 4.69) is 0 Å². The summed E-state index contributed by atoms with van der Waals surface area (Å²) >= 11 is 0. The van der Waals surface area contributed by atoms with E-state index < -0.39 is 26.2 Å². The van der Waals surface area contributed by atoms with Crippen LogP contribution in [0.2, 0.25) is 0 Å². The minimum absolute atomic E-state index is 0.00565. The lowest BCUT2D eigenvalue weighted by Crippen LogP contribution is -2.29. The third-order valence-electron chi connectivity index (χ3n) is 2.82. The first-order valence-electron chi connectivity index (χ1n) is 4.73. The third-order valence-corrected chi connectivity index (χ3v) is 4.90. The smallest absolute Gasteiger partial charge is 0.156 e. The first kappa shape index (κ1) is 13.1. The van der Waals surface area contributed by atoms with Gasteiger partial charge in [-0.05, 0) is 32.4 Å². The molecule has 0 heterocycles. The van der Waals surface area contributed by atoms with Crippen LogP contribution in [0, 0.1) is 18.6 Å². The number of aryl methyl sites for hydroxylation is 1. The fourth-order valence-corrected chi connectivity index (χ4v) is 1.87. The molecule has 0 radical (unpaired) electrons. The van der Waals surface area contributed by atoms with E-state index in [1.165, 1.54) is 26.8 Å². The van der Waals surface area contributed by atoms with E-state index in [-0.39, 0.29) is 11.1 Å². The molecule has 16 heavy (non-hydrogen) atoms. The maximum atomic E-state index is 13.6. The van der Waals surface area contributed by atoms with Crippen molar-refractivity contribution in [3.05, 3.63) is 34.9 Å². The van der Waals surface area contributed by atoms with Gasteiger partial charge in [-0.2, -0.15) is 0 Å². The highest BCUT2D eigenvalue weighted by Crippen LogP contribution is 2.32. The summed E-state index contributed by atoms with van der Waals surface area (Å²) < 4.78 is 48.3. The monoisotopic (exact) mass is 248 g/mol. The van der Waals surface area contributed by atoms with Gasteiger partial charge in [-0.15, -0.1) is 0 Å². The van der Waals surface area contributed by atoms with Crippen molar-refractivity contribution in [2.45, 2.75) is 25.5 Å². The maximum Gasteiger partial charge on any atom is 0.156 e. The Balaban J connectivity index is 3.52. The lowest BCUT2D eigenvalue weighted by Gasteiger charge is -2.24. The van der Waals surface area contributed by atoms with Crippen LogP contribution in [-0.4, -0.2) is 14.7 Å². The zero-order valence-corrected chi connectivity index (χ0v) is 10.5. The predicted molar refractivity (Wildman–Crippen MR) is 59.0 cm³/mol. The first-order chi connectivity index (χ1) is 7.07. The molecule has 2 nitrogen and oxygen atoms in total. The summed E-state index contributed by atoms with van der Waals surface area (Å²) in [6.07, 6.45) is 1.03. The summed E-state index contributed by atoms with van der Waals surface area (Å²) in [5, 5.41) is 0. The Morgan fingerprint density at radius 2 is 1.62 bits per heavy atom.